The molecule has 0 amide bonds. The maximum absolute atomic E-state index is 5.45. The molecule has 5 heteroatoms. The SMILES string of the molecule is CCOCC(NCc1nncn1C)C(C)C. The molecular weight excluding hydrogens is 204 g/mol. The number of nitrogens with one attached hydrogen (secondary N) is 1. The van der Waals surface area contributed by atoms with E-state index in [4.69, 9.17) is 4.74 Å². The minimum atomic E-state index is 0.358. The number of aromatic nitrogens is 3. The Kier molecular flexibility index (Phi) is 5.42. The molecule has 0 saturated heterocycles. The van der Waals surface area contributed by atoms with E-state index in [1.165, 1.54) is 0 Å². The molecule has 1 atom stereocenters. The van der Waals surface area contributed by atoms with Gasteiger partial charge in [0.2, 0.25) is 0 Å². The van der Waals surface area contributed by atoms with Gasteiger partial charge >= 0.3 is 0 Å². The second-order valence-electron chi connectivity index (χ2n) is 4.25. The van der Waals surface area contributed by atoms with Crippen molar-refractivity contribution in [2.24, 2.45) is 13.0 Å². The third kappa shape index (κ3) is 3.90. The molecular formula is C11H22N4O. The molecule has 5 nitrogen and oxygen atoms in total. The third-order valence-corrected chi connectivity index (χ3v) is 2.63. The molecule has 0 radical (unpaired) electrons. The molecule has 1 N–H and O–H groups in total. The second-order valence-corrected chi connectivity index (χ2v) is 4.25. The lowest BCUT2D eigenvalue weighted by atomic mass is 10.1. The zero-order valence-electron chi connectivity index (χ0n) is 10.6. The van der Waals surface area contributed by atoms with Crippen LogP contribution in [0.25, 0.3) is 0 Å². The van der Waals surface area contributed by atoms with E-state index < -0.39 is 0 Å². The van der Waals surface area contributed by atoms with E-state index in [1.54, 1.807) is 6.33 Å². The van der Waals surface area contributed by atoms with Crippen molar-refractivity contribution >= 4 is 0 Å². The summed E-state index contributed by atoms with van der Waals surface area (Å²) in [5, 5.41) is 11.3. The average Bonchev–Trinajstić information content (AvgIpc) is 2.64. The molecule has 0 bridgehead atoms. The highest BCUT2D eigenvalue weighted by atomic mass is 16.5. The van der Waals surface area contributed by atoms with E-state index in [0.29, 0.717) is 12.0 Å². The van der Waals surface area contributed by atoms with Crippen LogP contribution in [0.3, 0.4) is 0 Å². The Morgan fingerprint density at radius 3 is 2.75 bits per heavy atom. The summed E-state index contributed by atoms with van der Waals surface area (Å²) in [7, 11) is 1.95. The van der Waals surface area contributed by atoms with Crippen molar-refractivity contribution in [3.05, 3.63) is 12.2 Å². The van der Waals surface area contributed by atoms with Crippen LogP contribution in [-0.4, -0.2) is 34.0 Å². The molecule has 1 aromatic rings. The van der Waals surface area contributed by atoms with Crippen molar-refractivity contribution < 1.29 is 4.74 Å². The Morgan fingerprint density at radius 2 is 2.25 bits per heavy atom. The van der Waals surface area contributed by atoms with Crippen molar-refractivity contribution in [1.82, 2.24) is 20.1 Å². The summed E-state index contributed by atoms with van der Waals surface area (Å²) in [6.45, 7) is 8.62. The lowest BCUT2D eigenvalue weighted by Gasteiger charge is -2.21. The smallest absolute Gasteiger partial charge is 0.146 e. The monoisotopic (exact) mass is 226 g/mol. The lowest BCUT2D eigenvalue weighted by Crippen LogP contribution is -2.38. The normalized spacial score (nSPS) is 13.3. The number of ether oxygens (including phenoxy) is 1. The summed E-state index contributed by atoms with van der Waals surface area (Å²) in [6.07, 6.45) is 1.71. The van der Waals surface area contributed by atoms with E-state index in [9.17, 15) is 0 Å². The second kappa shape index (κ2) is 6.60. The van der Waals surface area contributed by atoms with Gasteiger partial charge in [0, 0.05) is 19.7 Å². The van der Waals surface area contributed by atoms with Gasteiger partial charge in [-0.25, -0.2) is 0 Å². The van der Waals surface area contributed by atoms with Crippen LogP contribution in [0.2, 0.25) is 0 Å². The maximum Gasteiger partial charge on any atom is 0.146 e. The van der Waals surface area contributed by atoms with E-state index in [-0.39, 0.29) is 0 Å². The molecule has 1 rings (SSSR count). The molecule has 1 unspecified atom stereocenters. The number of hydrogen-bond donors (Lipinski definition) is 1. The summed E-state index contributed by atoms with van der Waals surface area (Å²) < 4.78 is 7.37. The minimum Gasteiger partial charge on any atom is -0.380 e. The van der Waals surface area contributed by atoms with Gasteiger partial charge in [0.05, 0.1) is 13.2 Å². The first-order valence-corrected chi connectivity index (χ1v) is 5.79. The van der Waals surface area contributed by atoms with Crippen molar-refractivity contribution in [2.45, 2.75) is 33.4 Å². The first-order chi connectivity index (χ1) is 7.65. The Hall–Kier alpha value is -0.940. The topological polar surface area (TPSA) is 52.0 Å². The zero-order chi connectivity index (χ0) is 12.0. The standard InChI is InChI=1S/C11H22N4O/c1-5-16-7-10(9(2)3)12-6-11-14-13-8-15(11)4/h8-10,12H,5-7H2,1-4H3. The quantitative estimate of drug-likeness (QED) is 0.752. The van der Waals surface area contributed by atoms with Crippen molar-refractivity contribution in [3.63, 3.8) is 0 Å². The molecule has 0 spiro atoms. The first kappa shape index (κ1) is 13.1. The Labute approximate surface area is 97.2 Å². The molecule has 0 saturated carbocycles. The lowest BCUT2D eigenvalue weighted by molar-refractivity contribution is 0.107. The fraction of sp³-hybridized carbons (Fsp3) is 0.818. The van der Waals surface area contributed by atoms with E-state index in [2.05, 4.69) is 29.4 Å². The highest BCUT2D eigenvalue weighted by Gasteiger charge is 2.13. The van der Waals surface area contributed by atoms with Crippen LogP contribution in [0.15, 0.2) is 6.33 Å². The van der Waals surface area contributed by atoms with Crippen molar-refractivity contribution in [1.29, 1.82) is 0 Å². The summed E-state index contributed by atoms with van der Waals surface area (Å²) in [5.41, 5.74) is 0. The predicted octanol–water partition coefficient (Wildman–Crippen LogP) is 0.966. The van der Waals surface area contributed by atoms with Crippen molar-refractivity contribution in [3.8, 4) is 0 Å². The molecule has 0 aliphatic heterocycles. The van der Waals surface area contributed by atoms with Crippen LogP contribution >= 0.6 is 0 Å². The molecule has 0 aromatic carbocycles. The van der Waals surface area contributed by atoms with E-state index >= 15 is 0 Å². The minimum absolute atomic E-state index is 0.358. The molecule has 0 fully saturated rings. The Morgan fingerprint density at radius 1 is 1.50 bits per heavy atom. The molecule has 0 aliphatic carbocycles. The highest BCUT2D eigenvalue weighted by molar-refractivity contribution is 4.85. The van der Waals surface area contributed by atoms with Gasteiger partial charge in [0.1, 0.15) is 12.2 Å². The molecule has 16 heavy (non-hydrogen) atoms. The van der Waals surface area contributed by atoms with Crippen LogP contribution in [0.5, 0.6) is 0 Å². The molecule has 0 aliphatic rings. The number of hydrogen-bond acceptors (Lipinski definition) is 4. The summed E-state index contributed by atoms with van der Waals surface area (Å²) >= 11 is 0. The van der Waals surface area contributed by atoms with Gasteiger partial charge < -0.3 is 14.6 Å². The van der Waals surface area contributed by atoms with Crippen LogP contribution in [-0.2, 0) is 18.3 Å². The average molecular weight is 226 g/mol. The third-order valence-electron chi connectivity index (χ3n) is 2.63. The predicted molar refractivity (Wildman–Crippen MR) is 63.0 cm³/mol. The highest BCUT2D eigenvalue weighted by Crippen LogP contribution is 2.03. The van der Waals surface area contributed by atoms with Crippen LogP contribution < -0.4 is 5.32 Å². The first-order valence-electron chi connectivity index (χ1n) is 5.79. The number of aryl methyl sites for hydroxylation is 1. The fourth-order valence-corrected chi connectivity index (χ4v) is 1.42. The summed E-state index contributed by atoms with van der Waals surface area (Å²) in [5.74, 6) is 1.49. The van der Waals surface area contributed by atoms with Gasteiger partial charge in [-0.1, -0.05) is 13.8 Å². The van der Waals surface area contributed by atoms with Crippen LogP contribution in [0.4, 0.5) is 0 Å². The fourth-order valence-electron chi connectivity index (χ4n) is 1.42. The molecule has 1 aromatic heterocycles. The largest absolute Gasteiger partial charge is 0.380 e. The van der Waals surface area contributed by atoms with Gasteiger partial charge in [-0.3, -0.25) is 0 Å². The van der Waals surface area contributed by atoms with Gasteiger partial charge in [-0.15, -0.1) is 10.2 Å². The van der Waals surface area contributed by atoms with E-state index in [1.807, 2.05) is 18.5 Å². The van der Waals surface area contributed by atoms with Gasteiger partial charge in [0.25, 0.3) is 0 Å². The number of rotatable bonds is 7. The summed E-state index contributed by atoms with van der Waals surface area (Å²) in [6, 6.07) is 0.358. The zero-order valence-corrected chi connectivity index (χ0v) is 10.6. The molecule has 92 valence electrons. The Bertz CT molecular complexity index is 298. The van der Waals surface area contributed by atoms with Crippen molar-refractivity contribution in [2.75, 3.05) is 13.2 Å². The summed E-state index contributed by atoms with van der Waals surface area (Å²) in [4.78, 5) is 0. The number of nitrogens with zero attached hydrogens (tertiary/aromatic N) is 3. The van der Waals surface area contributed by atoms with Crippen LogP contribution in [0, 0.1) is 5.92 Å². The van der Waals surface area contributed by atoms with Gasteiger partial charge in [0.15, 0.2) is 0 Å². The molecule has 1 heterocycles. The van der Waals surface area contributed by atoms with E-state index in [0.717, 1.165) is 25.6 Å². The maximum atomic E-state index is 5.45. The van der Waals surface area contributed by atoms with Gasteiger partial charge in [-0.05, 0) is 12.8 Å². The van der Waals surface area contributed by atoms with Gasteiger partial charge in [-0.2, -0.15) is 0 Å². The Balaban J connectivity index is 2.40. The van der Waals surface area contributed by atoms with Crippen LogP contribution in [0.1, 0.15) is 26.6 Å².